The van der Waals surface area contributed by atoms with E-state index < -0.39 is 6.10 Å². The minimum absolute atomic E-state index is 0.348. The lowest BCUT2D eigenvalue weighted by molar-refractivity contribution is 0.00578. The number of rotatable bonds is 3. The fourth-order valence-electron chi connectivity index (χ4n) is 3.99. The highest BCUT2D eigenvalue weighted by atomic mass is 16.7. The molecule has 0 bridgehead atoms. The largest absolute Gasteiger partial charge is 0.494 e. The SMILES string of the molecule is CC1(C)OB(c2ccc(/C=C/c3ccc4c(c3)Oc3ccccc3C4O)cc2)OC1(C)C. The Labute approximate surface area is 189 Å². The van der Waals surface area contributed by atoms with Gasteiger partial charge >= 0.3 is 7.12 Å². The van der Waals surface area contributed by atoms with Gasteiger partial charge in [0.25, 0.3) is 0 Å². The average Bonchev–Trinajstić information content (AvgIpc) is 2.99. The van der Waals surface area contributed by atoms with Crippen molar-refractivity contribution in [2.45, 2.75) is 45.0 Å². The Morgan fingerprint density at radius 3 is 2.06 bits per heavy atom. The van der Waals surface area contributed by atoms with Gasteiger partial charge in [-0.1, -0.05) is 66.7 Å². The van der Waals surface area contributed by atoms with Crippen molar-refractivity contribution in [3.8, 4) is 11.5 Å². The summed E-state index contributed by atoms with van der Waals surface area (Å²) in [6.07, 6.45) is 3.43. The molecule has 4 nitrogen and oxygen atoms in total. The molecule has 1 fully saturated rings. The van der Waals surface area contributed by atoms with Gasteiger partial charge in [0, 0.05) is 11.1 Å². The number of para-hydroxylation sites is 1. The van der Waals surface area contributed by atoms with E-state index >= 15 is 0 Å². The van der Waals surface area contributed by atoms with Crippen LogP contribution in [0.5, 0.6) is 11.5 Å². The average molecular weight is 426 g/mol. The molecule has 2 aliphatic rings. The normalized spacial score (nSPS) is 20.7. The number of hydrogen-bond donors (Lipinski definition) is 1. The van der Waals surface area contributed by atoms with Gasteiger partial charge in [0.1, 0.15) is 17.6 Å². The molecule has 0 aromatic heterocycles. The summed E-state index contributed by atoms with van der Waals surface area (Å²) in [7, 11) is -0.356. The summed E-state index contributed by atoms with van der Waals surface area (Å²) < 4.78 is 18.3. The van der Waals surface area contributed by atoms with E-state index in [-0.39, 0.29) is 18.3 Å². The van der Waals surface area contributed by atoms with Gasteiger partial charge in [-0.25, -0.2) is 0 Å². The zero-order chi connectivity index (χ0) is 22.5. The van der Waals surface area contributed by atoms with E-state index in [2.05, 4.69) is 45.9 Å². The third-order valence-corrected chi connectivity index (χ3v) is 6.70. The Kier molecular flexibility index (Phi) is 5.01. The van der Waals surface area contributed by atoms with E-state index in [0.717, 1.165) is 27.7 Å². The number of benzene rings is 3. The maximum absolute atomic E-state index is 10.7. The van der Waals surface area contributed by atoms with Crippen LogP contribution >= 0.6 is 0 Å². The summed E-state index contributed by atoms with van der Waals surface area (Å²) in [6.45, 7) is 8.24. The third-order valence-electron chi connectivity index (χ3n) is 6.70. The molecule has 3 aromatic rings. The third kappa shape index (κ3) is 3.67. The lowest BCUT2D eigenvalue weighted by Crippen LogP contribution is -2.41. The van der Waals surface area contributed by atoms with E-state index in [1.54, 1.807) is 0 Å². The molecule has 2 aliphatic heterocycles. The van der Waals surface area contributed by atoms with Crippen LogP contribution in [0.4, 0.5) is 0 Å². The molecule has 0 saturated carbocycles. The van der Waals surface area contributed by atoms with Crippen LogP contribution in [-0.4, -0.2) is 23.4 Å². The van der Waals surface area contributed by atoms with E-state index in [9.17, 15) is 5.11 Å². The van der Waals surface area contributed by atoms with Gasteiger partial charge < -0.3 is 19.2 Å². The fraction of sp³-hybridized carbons (Fsp3) is 0.259. The first-order chi connectivity index (χ1) is 15.2. The molecule has 5 rings (SSSR count). The van der Waals surface area contributed by atoms with E-state index in [4.69, 9.17) is 14.0 Å². The molecule has 1 atom stereocenters. The van der Waals surface area contributed by atoms with E-state index in [1.165, 1.54) is 0 Å². The van der Waals surface area contributed by atoms with Crippen LogP contribution in [0, 0.1) is 0 Å². The molecular weight excluding hydrogens is 399 g/mol. The molecule has 32 heavy (non-hydrogen) atoms. The van der Waals surface area contributed by atoms with Crippen LogP contribution in [-0.2, 0) is 9.31 Å². The highest BCUT2D eigenvalue weighted by Gasteiger charge is 2.51. The Hall–Kier alpha value is -2.86. The molecule has 3 aromatic carbocycles. The smallest absolute Gasteiger partial charge is 0.457 e. The van der Waals surface area contributed by atoms with Crippen molar-refractivity contribution in [3.05, 3.63) is 89.0 Å². The first-order valence-electron chi connectivity index (χ1n) is 11.0. The molecule has 0 amide bonds. The fourth-order valence-corrected chi connectivity index (χ4v) is 3.99. The highest BCUT2D eigenvalue weighted by molar-refractivity contribution is 6.62. The number of aliphatic hydroxyl groups is 1. The van der Waals surface area contributed by atoms with Crippen molar-refractivity contribution in [1.82, 2.24) is 0 Å². The maximum Gasteiger partial charge on any atom is 0.494 e. The van der Waals surface area contributed by atoms with Crippen LogP contribution in [0.25, 0.3) is 12.2 Å². The van der Waals surface area contributed by atoms with Crippen molar-refractivity contribution in [1.29, 1.82) is 0 Å². The predicted molar refractivity (Wildman–Crippen MR) is 128 cm³/mol. The topological polar surface area (TPSA) is 47.9 Å². The van der Waals surface area contributed by atoms with Crippen LogP contribution in [0.15, 0.2) is 66.7 Å². The Bertz CT molecular complexity index is 1160. The van der Waals surface area contributed by atoms with Crippen LogP contribution in [0.1, 0.15) is 56.1 Å². The van der Waals surface area contributed by atoms with E-state index in [1.807, 2.05) is 60.7 Å². The van der Waals surface area contributed by atoms with Crippen LogP contribution in [0.3, 0.4) is 0 Å². The second kappa shape index (κ2) is 7.63. The Morgan fingerprint density at radius 1 is 0.750 bits per heavy atom. The number of aliphatic hydroxyl groups excluding tert-OH is 1. The summed E-state index contributed by atoms with van der Waals surface area (Å²) in [5, 5.41) is 10.7. The first kappa shape index (κ1) is 21.0. The molecule has 1 saturated heterocycles. The lowest BCUT2D eigenvalue weighted by Gasteiger charge is -2.32. The standard InChI is InChI=1S/C27H27BO4/c1-26(2)27(3,4)32-28(31-26)20-14-11-18(12-15-20)9-10-19-13-16-22-24(17-19)30-23-8-6-5-7-21(23)25(22)29/h5-17,25,29H,1-4H3/b10-9+. The highest BCUT2D eigenvalue weighted by Crippen LogP contribution is 2.43. The molecule has 1 N–H and O–H groups in total. The monoisotopic (exact) mass is 426 g/mol. The van der Waals surface area contributed by atoms with Crippen molar-refractivity contribution in [2.24, 2.45) is 0 Å². The van der Waals surface area contributed by atoms with Crippen molar-refractivity contribution < 1.29 is 19.2 Å². The minimum Gasteiger partial charge on any atom is -0.457 e. The molecule has 0 aliphatic carbocycles. The minimum atomic E-state index is -0.671. The number of hydrogen-bond acceptors (Lipinski definition) is 4. The van der Waals surface area contributed by atoms with Gasteiger partial charge in [0.15, 0.2) is 0 Å². The second-order valence-corrected chi connectivity index (χ2v) is 9.43. The molecule has 1 unspecified atom stereocenters. The van der Waals surface area contributed by atoms with Crippen LogP contribution in [0.2, 0.25) is 0 Å². The lowest BCUT2D eigenvalue weighted by atomic mass is 9.79. The summed E-state index contributed by atoms with van der Waals surface area (Å²) >= 11 is 0. The van der Waals surface area contributed by atoms with E-state index in [0.29, 0.717) is 11.5 Å². The summed E-state index contributed by atoms with van der Waals surface area (Å²) in [5.74, 6) is 1.39. The second-order valence-electron chi connectivity index (χ2n) is 9.43. The summed E-state index contributed by atoms with van der Waals surface area (Å²) in [4.78, 5) is 0. The van der Waals surface area contributed by atoms with Gasteiger partial charge in [0.2, 0.25) is 0 Å². The molecule has 0 radical (unpaired) electrons. The van der Waals surface area contributed by atoms with Gasteiger partial charge in [-0.15, -0.1) is 0 Å². The van der Waals surface area contributed by atoms with Crippen LogP contribution < -0.4 is 10.2 Å². The van der Waals surface area contributed by atoms with Gasteiger partial charge in [0.05, 0.1) is 11.2 Å². The number of fused-ring (bicyclic) bond motifs is 2. The first-order valence-corrected chi connectivity index (χ1v) is 11.0. The van der Waals surface area contributed by atoms with Gasteiger partial charge in [-0.05, 0) is 56.4 Å². The predicted octanol–water partition coefficient (Wildman–Crippen LogP) is 5.34. The summed E-state index contributed by atoms with van der Waals surface area (Å²) in [6, 6.07) is 21.7. The Morgan fingerprint density at radius 2 is 1.34 bits per heavy atom. The zero-order valence-corrected chi connectivity index (χ0v) is 18.8. The molecule has 5 heteroatoms. The summed E-state index contributed by atoms with van der Waals surface area (Å²) in [5.41, 5.74) is 3.98. The maximum atomic E-state index is 10.7. The van der Waals surface area contributed by atoms with Gasteiger partial charge in [-0.2, -0.15) is 0 Å². The van der Waals surface area contributed by atoms with Crippen molar-refractivity contribution in [3.63, 3.8) is 0 Å². The molecule has 0 spiro atoms. The van der Waals surface area contributed by atoms with Crippen molar-refractivity contribution >= 4 is 24.7 Å². The molecular formula is C27H27BO4. The zero-order valence-electron chi connectivity index (χ0n) is 18.8. The van der Waals surface area contributed by atoms with Crippen molar-refractivity contribution in [2.75, 3.05) is 0 Å². The van der Waals surface area contributed by atoms with Gasteiger partial charge in [-0.3, -0.25) is 0 Å². The quantitative estimate of drug-likeness (QED) is 0.454. The molecule has 162 valence electrons. The molecule has 2 heterocycles. The number of ether oxygens (including phenoxy) is 1. The Balaban J connectivity index is 1.32.